The smallest absolute Gasteiger partial charge is 0.295 e. The van der Waals surface area contributed by atoms with Gasteiger partial charge >= 0.3 is 0 Å². The van der Waals surface area contributed by atoms with Crippen molar-refractivity contribution in [2.75, 3.05) is 5.32 Å². The lowest BCUT2D eigenvalue weighted by Gasteiger charge is -2.07. The number of aromatic amines is 1. The molecule has 0 saturated heterocycles. The maximum Gasteiger partial charge on any atom is 0.295 e. The Hall–Kier alpha value is -2.17. The molecule has 2 rings (SSSR count). The number of anilines is 1. The highest BCUT2D eigenvalue weighted by Gasteiger charge is 2.13. The molecule has 0 aliphatic rings. The molecular formula is C14H18N4O. The van der Waals surface area contributed by atoms with E-state index in [-0.39, 0.29) is 11.7 Å². The molecule has 0 aliphatic carbocycles. The minimum atomic E-state index is -0.285. The molecular weight excluding hydrogens is 240 g/mol. The number of hydrogen-bond acceptors (Lipinski definition) is 3. The van der Waals surface area contributed by atoms with Crippen LogP contribution in [-0.4, -0.2) is 21.1 Å². The van der Waals surface area contributed by atoms with E-state index in [9.17, 15) is 4.79 Å². The van der Waals surface area contributed by atoms with Crippen LogP contribution in [0.25, 0.3) is 0 Å². The summed E-state index contributed by atoms with van der Waals surface area (Å²) in [7, 11) is 0. The molecule has 0 unspecified atom stereocenters. The van der Waals surface area contributed by atoms with Crippen LogP contribution in [0.2, 0.25) is 0 Å². The quantitative estimate of drug-likeness (QED) is 0.885. The van der Waals surface area contributed by atoms with Gasteiger partial charge in [0.1, 0.15) is 5.82 Å². The monoisotopic (exact) mass is 258 g/mol. The molecule has 0 aliphatic heterocycles. The SMILES string of the molecule is CCCc1nc(C(=O)Nc2cc(C)ccc2C)n[nH]1. The molecule has 1 amide bonds. The Labute approximate surface area is 112 Å². The first-order valence-electron chi connectivity index (χ1n) is 6.40. The third-order valence-electron chi connectivity index (χ3n) is 2.86. The van der Waals surface area contributed by atoms with Crippen molar-refractivity contribution in [3.63, 3.8) is 0 Å². The number of nitrogens with zero attached hydrogens (tertiary/aromatic N) is 2. The first-order valence-corrected chi connectivity index (χ1v) is 6.40. The fourth-order valence-electron chi connectivity index (χ4n) is 1.79. The molecule has 0 bridgehead atoms. The number of carbonyl (C=O) groups excluding carboxylic acids is 1. The summed E-state index contributed by atoms with van der Waals surface area (Å²) < 4.78 is 0. The molecule has 2 N–H and O–H groups in total. The van der Waals surface area contributed by atoms with Gasteiger partial charge in [-0.25, -0.2) is 4.98 Å². The van der Waals surface area contributed by atoms with Crippen LogP contribution in [0.15, 0.2) is 18.2 Å². The lowest BCUT2D eigenvalue weighted by molar-refractivity contribution is 0.101. The Balaban J connectivity index is 2.13. The Bertz CT molecular complexity index is 589. The van der Waals surface area contributed by atoms with E-state index in [2.05, 4.69) is 27.4 Å². The predicted octanol–water partition coefficient (Wildman–Crippen LogP) is 2.63. The second-order valence-electron chi connectivity index (χ2n) is 4.63. The van der Waals surface area contributed by atoms with Crippen LogP contribution < -0.4 is 5.32 Å². The number of benzene rings is 1. The van der Waals surface area contributed by atoms with Gasteiger partial charge in [-0.1, -0.05) is 19.1 Å². The van der Waals surface area contributed by atoms with Gasteiger partial charge in [0.2, 0.25) is 5.82 Å². The summed E-state index contributed by atoms with van der Waals surface area (Å²) in [5.41, 5.74) is 2.91. The van der Waals surface area contributed by atoms with Gasteiger partial charge in [-0.2, -0.15) is 0 Å². The number of carbonyl (C=O) groups is 1. The van der Waals surface area contributed by atoms with Gasteiger partial charge in [0.05, 0.1) is 0 Å². The van der Waals surface area contributed by atoms with E-state index >= 15 is 0 Å². The second-order valence-corrected chi connectivity index (χ2v) is 4.63. The first kappa shape index (κ1) is 13.3. The van der Waals surface area contributed by atoms with E-state index in [1.54, 1.807) is 0 Å². The van der Waals surface area contributed by atoms with E-state index < -0.39 is 0 Å². The minimum Gasteiger partial charge on any atom is -0.319 e. The largest absolute Gasteiger partial charge is 0.319 e. The first-order chi connectivity index (χ1) is 9.10. The molecule has 19 heavy (non-hydrogen) atoms. The highest BCUT2D eigenvalue weighted by atomic mass is 16.2. The van der Waals surface area contributed by atoms with Crippen LogP contribution in [0.4, 0.5) is 5.69 Å². The van der Waals surface area contributed by atoms with Crippen molar-refractivity contribution in [3.8, 4) is 0 Å². The molecule has 1 aromatic carbocycles. The average molecular weight is 258 g/mol. The second kappa shape index (κ2) is 5.65. The summed E-state index contributed by atoms with van der Waals surface area (Å²) in [6.45, 7) is 6.00. The zero-order chi connectivity index (χ0) is 13.8. The van der Waals surface area contributed by atoms with Crippen LogP contribution in [0.1, 0.15) is 40.9 Å². The zero-order valence-corrected chi connectivity index (χ0v) is 11.4. The Morgan fingerprint density at radius 2 is 2.16 bits per heavy atom. The molecule has 5 nitrogen and oxygen atoms in total. The summed E-state index contributed by atoms with van der Waals surface area (Å²) in [4.78, 5) is 16.2. The van der Waals surface area contributed by atoms with E-state index in [1.165, 1.54) is 0 Å². The van der Waals surface area contributed by atoms with Gasteiger partial charge in [-0.05, 0) is 37.5 Å². The number of rotatable bonds is 4. The van der Waals surface area contributed by atoms with Gasteiger partial charge in [0.15, 0.2) is 0 Å². The van der Waals surface area contributed by atoms with Crippen LogP contribution in [-0.2, 0) is 6.42 Å². The maximum atomic E-state index is 12.0. The summed E-state index contributed by atoms with van der Waals surface area (Å²) in [5.74, 6) is 0.644. The highest BCUT2D eigenvalue weighted by Crippen LogP contribution is 2.16. The lowest BCUT2D eigenvalue weighted by atomic mass is 10.1. The predicted molar refractivity (Wildman–Crippen MR) is 74.2 cm³/mol. The van der Waals surface area contributed by atoms with Crippen LogP contribution in [0.3, 0.4) is 0 Å². The number of amides is 1. The van der Waals surface area contributed by atoms with Gasteiger partial charge in [0.25, 0.3) is 5.91 Å². The standard InChI is InChI=1S/C14H18N4O/c1-4-5-12-16-13(18-17-12)14(19)15-11-8-9(2)6-7-10(11)3/h6-8H,4-5H2,1-3H3,(H,15,19)(H,16,17,18). The molecule has 1 heterocycles. The van der Waals surface area contributed by atoms with Crippen molar-refractivity contribution < 1.29 is 4.79 Å². The molecule has 1 aromatic heterocycles. The van der Waals surface area contributed by atoms with Crippen molar-refractivity contribution in [2.24, 2.45) is 0 Å². The summed E-state index contributed by atoms with van der Waals surface area (Å²) in [6.07, 6.45) is 1.76. The Morgan fingerprint density at radius 3 is 2.89 bits per heavy atom. The van der Waals surface area contributed by atoms with E-state index in [4.69, 9.17) is 0 Å². The maximum absolute atomic E-state index is 12.0. The normalized spacial score (nSPS) is 10.5. The average Bonchev–Trinajstić information content (AvgIpc) is 2.83. The molecule has 0 fully saturated rings. The van der Waals surface area contributed by atoms with Crippen molar-refractivity contribution in [1.82, 2.24) is 15.2 Å². The van der Waals surface area contributed by atoms with E-state index in [0.29, 0.717) is 0 Å². The van der Waals surface area contributed by atoms with E-state index in [1.807, 2.05) is 32.0 Å². The zero-order valence-electron chi connectivity index (χ0n) is 11.4. The molecule has 0 atom stereocenters. The van der Waals surface area contributed by atoms with Crippen molar-refractivity contribution >= 4 is 11.6 Å². The fourth-order valence-corrected chi connectivity index (χ4v) is 1.79. The highest BCUT2D eigenvalue weighted by molar-refractivity contribution is 6.01. The van der Waals surface area contributed by atoms with Gasteiger partial charge in [-0.15, -0.1) is 5.10 Å². The van der Waals surface area contributed by atoms with Crippen LogP contribution in [0, 0.1) is 13.8 Å². The summed E-state index contributed by atoms with van der Waals surface area (Å²) in [5, 5.41) is 9.55. The Morgan fingerprint density at radius 1 is 1.37 bits per heavy atom. The molecule has 2 aromatic rings. The van der Waals surface area contributed by atoms with Crippen molar-refractivity contribution in [3.05, 3.63) is 41.0 Å². The van der Waals surface area contributed by atoms with Gasteiger partial charge < -0.3 is 5.32 Å². The number of aryl methyl sites for hydroxylation is 3. The lowest BCUT2D eigenvalue weighted by Crippen LogP contribution is -2.14. The number of hydrogen-bond donors (Lipinski definition) is 2. The third kappa shape index (κ3) is 3.19. The minimum absolute atomic E-state index is 0.185. The van der Waals surface area contributed by atoms with Gasteiger partial charge in [0, 0.05) is 12.1 Å². The number of aromatic nitrogens is 3. The summed E-state index contributed by atoms with van der Waals surface area (Å²) >= 11 is 0. The topological polar surface area (TPSA) is 70.7 Å². The molecule has 0 saturated carbocycles. The molecule has 0 spiro atoms. The van der Waals surface area contributed by atoms with Crippen molar-refractivity contribution in [2.45, 2.75) is 33.6 Å². The fraction of sp³-hybridized carbons (Fsp3) is 0.357. The molecule has 100 valence electrons. The number of nitrogens with one attached hydrogen (secondary N) is 2. The number of H-pyrrole nitrogens is 1. The Kier molecular flexibility index (Phi) is 3.94. The van der Waals surface area contributed by atoms with Crippen LogP contribution >= 0.6 is 0 Å². The van der Waals surface area contributed by atoms with Crippen LogP contribution in [0.5, 0.6) is 0 Å². The van der Waals surface area contributed by atoms with E-state index in [0.717, 1.165) is 35.5 Å². The molecule has 5 heteroatoms. The van der Waals surface area contributed by atoms with Gasteiger partial charge in [-0.3, -0.25) is 9.89 Å². The summed E-state index contributed by atoms with van der Waals surface area (Å²) in [6, 6.07) is 5.93. The third-order valence-corrected chi connectivity index (χ3v) is 2.86. The van der Waals surface area contributed by atoms with Crippen molar-refractivity contribution in [1.29, 1.82) is 0 Å². The molecule has 0 radical (unpaired) electrons.